The lowest BCUT2D eigenvalue weighted by Crippen LogP contribution is -2.28. The Morgan fingerprint density at radius 1 is 0.979 bits per heavy atom. The molecule has 2 heterocycles. The number of hydrogen-bond acceptors (Lipinski definition) is 11. The first-order valence-electron chi connectivity index (χ1n) is 16.7. The fourth-order valence-electron chi connectivity index (χ4n) is 5.89. The van der Waals surface area contributed by atoms with Crippen molar-refractivity contribution in [3.05, 3.63) is 58.5 Å². The van der Waals surface area contributed by atoms with Crippen LogP contribution in [0.1, 0.15) is 84.0 Å². The van der Waals surface area contributed by atoms with Crippen molar-refractivity contribution in [1.82, 2.24) is 0 Å². The first kappa shape index (κ1) is 37.0. The second-order valence-electron chi connectivity index (χ2n) is 12.2. The number of carbonyl (C=O) groups is 3. The zero-order chi connectivity index (χ0) is 33.4. The molecule has 11 heteroatoms. The largest absolute Gasteiger partial charge is 0.494 e. The summed E-state index contributed by atoms with van der Waals surface area (Å²) in [5.41, 5.74) is 1.14. The van der Waals surface area contributed by atoms with Gasteiger partial charge in [0.2, 0.25) is 0 Å². The number of cyclic esters (lactones) is 1. The molecule has 0 radical (unpaired) electrons. The third-order valence-corrected chi connectivity index (χ3v) is 11.3. The lowest BCUT2D eigenvalue weighted by Gasteiger charge is -2.25. The van der Waals surface area contributed by atoms with Crippen molar-refractivity contribution in [2.24, 2.45) is 11.8 Å². The van der Waals surface area contributed by atoms with Gasteiger partial charge in [-0.05, 0) is 119 Å². The Balaban J connectivity index is 1.09. The van der Waals surface area contributed by atoms with E-state index in [-0.39, 0.29) is 36.8 Å². The Kier molecular flexibility index (Phi) is 15.6. The molecule has 2 aliphatic rings. The third kappa shape index (κ3) is 13.3. The SMILES string of the molecule is C[C@H]1CCC/C=C/[C@@H]2C[C@H](O)C[C@H]2[C@H](OC(=O)CCCC(=O)OCCCCCCOc2ccc(-c3cc(=S)ss3)cc2)/C=C/C(=O)O1. The fraction of sp³-hybridized carbons (Fsp3) is 0.556. The van der Waals surface area contributed by atoms with E-state index in [2.05, 4.69) is 24.3 Å². The van der Waals surface area contributed by atoms with Crippen LogP contribution < -0.4 is 4.74 Å². The number of fused-ring (bicyclic) bond motifs is 1. The first-order chi connectivity index (χ1) is 22.8. The second-order valence-corrected chi connectivity index (χ2v) is 15.1. The molecule has 1 fully saturated rings. The highest BCUT2D eigenvalue weighted by molar-refractivity contribution is 7.80. The van der Waals surface area contributed by atoms with Crippen LogP contribution in [0.5, 0.6) is 5.75 Å². The molecule has 5 atom stereocenters. The molecule has 8 nitrogen and oxygen atoms in total. The maximum absolute atomic E-state index is 12.8. The number of hydrogen-bond donors (Lipinski definition) is 1. The molecule has 256 valence electrons. The van der Waals surface area contributed by atoms with E-state index in [0.29, 0.717) is 32.5 Å². The van der Waals surface area contributed by atoms with Gasteiger partial charge in [0.1, 0.15) is 15.7 Å². The molecule has 1 aromatic carbocycles. The van der Waals surface area contributed by atoms with Crippen LogP contribution in [0.2, 0.25) is 0 Å². The van der Waals surface area contributed by atoms with Gasteiger partial charge in [-0.2, -0.15) is 0 Å². The summed E-state index contributed by atoms with van der Waals surface area (Å²) < 4.78 is 23.3. The molecule has 47 heavy (non-hydrogen) atoms. The zero-order valence-corrected chi connectivity index (χ0v) is 29.5. The van der Waals surface area contributed by atoms with Crippen LogP contribution in [0, 0.1) is 15.7 Å². The molecule has 1 aliphatic heterocycles. The number of ether oxygens (including phenoxy) is 4. The zero-order valence-electron chi connectivity index (χ0n) is 27.0. The van der Waals surface area contributed by atoms with Gasteiger partial charge in [-0.25, -0.2) is 4.79 Å². The molecule has 0 amide bonds. The lowest BCUT2D eigenvalue weighted by molar-refractivity contribution is -0.150. The number of aliphatic hydroxyl groups is 1. The van der Waals surface area contributed by atoms with Crippen LogP contribution in [-0.4, -0.2) is 54.5 Å². The number of carbonyl (C=O) groups excluding carboxylic acids is 3. The normalized spacial score (nSPS) is 24.5. The van der Waals surface area contributed by atoms with Crippen LogP contribution in [-0.2, 0) is 28.6 Å². The maximum Gasteiger partial charge on any atom is 0.330 e. The van der Waals surface area contributed by atoms with Crippen molar-refractivity contribution >= 4 is 50.8 Å². The standard InChI is InChI=1S/C36H46O8S3/c1-25-10-5-4-6-11-27-22-28(37)23-30(27)31(18-19-35(40)43-25)44-34(39)13-9-12-33(38)42-21-8-3-2-7-20-41-29-16-14-26(15-17-29)32-24-36(45)47-46-32/h6,11,14-19,24-25,27-28,30-31,37H,2-5,7-10,12-13,20-23H2,1H3/b11-6+,19-18+/t25-,27+,28-,30+,31+/m0/s1. The van der Waals surface area contributed by atoms with Crippen LogP contribution in [0.4, 0.5) is 0 Å². The summed E-state index contributed by atoms with van der Waals surface area (Å²) in [6, 6.07) is 10.1. The average molecular weight is 703 g/mol. The molecule has 1 aromatic heterocycles. The topological polar surface area (TPSA) is 108 Å². The minimum Gasteiger partial charge on any atom is -0.494 e. The van der Waals surface area contributed by atoms with E-state index < -0.39 is 24.1 Å². The first-order valence-corrected chi connectivity index (χ1v) is 19.2. The van der Waals surface area contributed by atoms with E-state index in [1.54, 1.807) is 26.8 Å². The highest BCUT2D eigenvalue weighted by Gasteiger charge is 2.38. The van der Waals surface area contributed by atoms with Crippen molar-refractivity contribution in [2.45, 2.75) is 102 Å². The quantitative estimate of drug-likeness (QED) is 0.0519. The van der Waals surface area contributed by atoms with Gasteiger partial charge in [0.05, 0.1) is 25.4 Å². The number of aliphatic hydroxyl groups excluding tert-OH is 1. The van der Waals surface area contributed by atoms with Gasteiger partial charge in [0.25, 0.3) is 0 Å². The summed E-state index contributed by atoms with van der Waals surface area (Å²) in [6.45, 7) is 2.85. The Bertz CT molecular complexity index is 1400. The maximum atomic E-state index is 12.8. The van der Waals surface area contributed by atoms with Gasteiger partial charge >= 0.3 is 17.9 Å². The summed E-state index contributed by atoms with van der Waals surface area (Å²) in [6.07, 6.45) is 13.4. The lowest BCUT2D eigenvalue weighted by atomic mass is 9.89. The smallest absolute Gasteiger partial charge is 0.330 e. The summed E-state index contributed by atoms with van der Waals surface area (Å²) >= 11 is 5.21. The second kappa shape index (κ2) is 19.8. The summed E-state index contributed by atoms with van der Waals surface area (Å²) in [5, 5.41) is 10.4. The molecule has 4 rings (SSSR count). The van der Waals surface area contributed by atoms with E-state index in [9.17, 15) is 19.5 Å². The van der Waals surface area contributed by atoms with Gasteiger partial charge in [0.15, 0.2) is 0 Å². The molecule has 0 bridgehead atoms. The molecule has 1 saturated carbocycles. The van der Waals surface area contributed by atoms with E-state index in [1.165, 1.54) is 11.0 Å². The van der Waals surface area contributed by atoms with Crippen LogP contribution in [0.3, 0.4) is 0 Å². The average Bonchev–Trinajstić information content (AvgIpc) is 3.65. The van der Waals surface area contributed by atoms with E-state index in [1.807, 2.05) is 25.1 Å². The predicted octanol–water partition coefficient (Wildman–Crippen LogP) is 8.39. The van der Waals surface area contributed by atoms with Gasteiger partial charge in [-0.3, -0.25) is 9.59 Å². The van der Waals surface area contributed by atoms with Gasteiger partial charge in [-0.1, -0.05) is 45.1 Å². The van der Waals surface area contributed by atoms with Crippen molar-refractivity contribution in [3.63, 3.8) is 0 Å². The summed E-state index contributed by atoms with van der Waals surface area (Å²) in [4.78, 5) is 38.5. The van der Waals surface area contributed by atoms with Gasteiger partial charge < -0.3 is 24.1 Å². The number of allylic oxidation sites excluding steroid dienone is 2. The minimum absolute atomic E-state index is 0.0418. The van der Waals surface area contributed by atoms with Crippen molar-refractivity contribution in [1.29, 1.82) is 0 Å². The molecule has 1 aliphatic carbocycles. The predicted molar refractivity (Wildman–Crippen MR) is 187 cm³/mol. The van der Waals surface area contributed by atoms with Crippen LogP contribution in [0.25, 0.3) is 10.4 Å². The fourth-order valence-corrected chi connectivity index (χ4v) is 8.29. The van der Waals surface area contributed by atoms with Crippen molar-refractivity contribution in [3.8, 4) is 16.2 Å². The number of esters is 3. The van der Waals surface area contributed by atoms with Crippen molar-refractivity contribution < 1.29 is 38.4 Å². The molecular formula is C36H46O8S3. The van der Waals surface area contributed by atoms with E-state index in [0.717, 1.165) is 60.1 Å². The highest BCUT2D eigenvalue weighted by Crippen LogP contribution is 2.38. The Hall–Kier alpha value is -2.86. The molecule has 0 saturated heterocycles. The number of rotatable bonds is 14. The van der Waals surface area contributed by atoms with Gasteiger partial charge in [0, 0.05) is 29.7 Å². The summed E-state index contributed by atoms with van der Waals surface area (Å²) in [5.74, 6) is -0.514. The highest BCUT2D eigenvalue weighted by atomic mass is 32.9. The molecule has 0 spiro atoms. The molecular weight excluding hydrogens is 657 g/mol. The Morgan fingerprint density at radius 3 is 2.51 bits per heavy atom. The molecule has 1 N–H and O–H groups in total. The number of benzene rings is 1. The van der Waals surface area contributed by atoms with Crippen molar-refractivity contribution in [2.75, 3.05) is 13.2 Å². The minimum atomic E-state index is -0.673. The van der Waals surface area contributed by atoms with Crippen LogP contribution in [0.15, 0.2) is 54.6 Å². The monoisotopic (exact) mass is 702 g/mol. The molecule has 2 aromatic rings. The molecule has 0 unspecified atom stereocenters. The van der Waals surface area contributed by atoms with E-state index >= 15 is 0 Å². The Morgan fingerprint density at radius 2 is 1.74 bits per heavy atom. The number of unbranched alkanes of at least 4 members (excludes halogenated alkanes) is 3. The van der Waals surface area contributed by atoms with Gasteiger partial charge in [-0.15, -0.1) is 0 Å². The summed E-state index contributed by atoms with van der Waals surface area (Å²) in [7, 11) is 3.29. The van der Waals surface area contributed by atoms with Crippen LogP contribution >= 0.6 is 32.9 Å². The van der Waals surface area contributed by atoms with E-state index in [4.69, 9.17) is 31.2 Å². The Labute approximate surface area is 290 Å². The third-order valence-electron chi connectivity index (χ3n) is 8.37.